The van der Waals surface area contributed by atoms with Gasteiger partial charge in [0.15, 0.2) is 0 Å². The van der Waals surface area contributed by atoms with Gasteiger partial charge in [0.25, 0.3) is 5.56 Å². The van der Waals surface area contributed by atoms with Crippen molar-refractivity contribution in [3.8, 4) is 5.75 Å². The van der Waals surface area contributed by atoms with Crippen LogP contribution in [0.25, 0.3) is 10.9 Å². The molecule has 0 aliphatic rings. The first-order chi connectivity index (χ1) is 11.6. The molecule has 0 fully saturated rings. The molecule has 122 valence electrons. The van der Waals surface area contributed by atoms with E-state index in [1.54, 1.807) is 30.3 Å². The summed E-state index contributed by atoms with van der Waals surface area (Å²) in [7, 11) is 1.53. The van der Waals surface area contributed by atoms with Crippen LogP contribution in [0.2, 0.25) is 0 Å². The first-order valence-corrected chi connectivity index (χ1v) is 8.24. The second-order valence-electron chi connectivity index (χ2n) is 5.09. The molecule has 24 heavy (non-hydrogen) atoms. The van der Waals surface area contributed by atoms with Crippen LogP contribution in [-0.2, 0) is 11.3 Å². The molecule has 0 bridgehead atoms. The van der Waals surface area contributed by atoms with Crippen LogP contribution in [0.15, 0.2) is 53.6 Å². The van der Waals surface area contributed by atoms with E-state index in [0.29, 0.717) is 22.3 Å². The monoisotopic (exact) mass is 435 g/mol. The van der Waals surface area contributed by atoms with E-state index in [1.807, 2.05) is 12.1 Å². The zero-order chi connectivity index (χ0) is 17.1. The van der Waals surface area contributed by atoms with Crippen molar-refractivity contribution in [2.75, 3.05) is 12.4 Å². The molecule has 0 atom stereocenters. The topological polar surface area (TPSA) is 73.2 Å². The Bertz CT molecular complexity index is 969. The number of benzene rings is 2. The van der Waals surface area contributed by atoms with Gasteiger partial charge in [-0.3, -0.25) is 14.2 Å². The zero-order valence-electron chi connectivity index (χ0n) is 12.8. The summed E-state index contributed by atoms with van der Waals surface area (Å²) in [5.74, 6) is 0.234. The summed E-state index contributed by atoms with van der Waals surface area (Å²) >= 11 is 2.14. The Morgan fingerprint density at radius 2 is 2.08 bits per heavy atom. The number of aromatic nitrogens is 2. The van der Waals surface area contributed by atoms with Crippen LogP contribution >= 0.6 is 22.6 Å². The Labute approximate surface area is 151 Å². The number of fused-ring (bicyclic) bond motifs is 1. The predicted octanol–water partition coefficient (Wildman–Crippen LogP) is 2.65. The van der Waals surface area contributed by atoms with Crippen LogP contribution in [-0.4, -0.2) is 22.6 Å². The number of nitrogens with zero attached hydrogens (tertiary/aromatic N) is 2. The fourth-order valence-corrected chi connectivity index (χ4v) is 2.83. The maximum atomic E-state index is 12.5. The highest BCUT2D eigenvalue weighted by atomic mass is 127. The maximum absolute atomic E-state index is 12.5. The van der Waals surface area contributed by atoms with Crippen LogP contribution in [0, 0.1) is 3.57 Å². The van der Waals surface area contributed by atoms with Gasteiger partial charge in [0.1, 0.15) is 12.3 Å². The lowest BCUT2D eigenvalue weighted by molar-refractivity contribution is -0.116. The number of ether oxygens (including phenoxy) is 1. The first kappa shape index (κ1) is 16.4. The van der Waals surface area contributed by atoms with Gasteiger partial charge in [-0.1, -0.05) is 12.1 Å². The van der Waals surface area contributed by atoms with Crippen LogP contribution in [0.1, 0.15) is 0 Å². The molecule has 1 N–H and O–H groups in total. The summed E-state index contributed by atoms with van der Waals surface area (Å²) in [4.78, 5) is 29.0. The molecule has 3 aromatic rings. The van der Waals surface area contributed by atoms with E-state index in [0.717, 1.165) is 3.57 Å². The smallest absolute Gasteiger partial charge is 0.261 e. The maximum Gasteiger partial charge on any atom is 0.261 e. The third-order valence-corrected chi connectivity index (χ3v) is 4.15. The van der Waals surface area contributed by atoms with Crippen LogP contribution < -0.4 is 15.6 Å². The van der Waals surface area contributed by atoms with Crippen molar-refractivity contribution in [3.05, 3.63) is 62.7 Å². The van der Waals surface area contributed by atoms with Crippen molar-refractivity contribution in [1.82, 2.24) is 9.55 Å². The highest BCUT2D eigenvalue weighted by molar-refractivity contribution is 14.1. The Morgan fingerprint density at radius 3 is 2.88 bits per heavy atom. The van der Waals surface area contributed by atoms with Gasteiger partial charge < -0.3 is 10.1 Å². The number of methoxy groups -OCH3 is 1. The molecular formula is C17H14IN3O3. The van der Waals surface area contributed by atoms with Crippen LogP contribution in [0.5, 0.6) is 5.75 Å². The molecule has 0 unspecified atom stereocenters. The molecule has 7 heteroatoms. The molecule has 6 nitrogen and oxygen atoms in total. The summed E-state index contributed by atoms with van der Waals surface area (Å²) < 4.78 is 7.43. The molecule has 2 aromatic carbocycles. The summed E-state index contributed by atoms with van der Waals surface area (Å²) in [6.07, 6.45) is 1.39. The van der Waals surface area contributed by atoms with Gasteiger partial charge in [-0.2, -0.15) is 0 Å². The Kier molecular flexibility index (Phi) is 4.79. The minimum Gasteiger partial charge on any atom is -0.495 e. The van der Waals surface area contributed by atoms with E-state index in [-0.39, 0.29) is 18.0 Å². The van der Waals surface area contributed by atoms with E-state index in [2.05, 4.69) is 32.9 Å². The second kappa shape index (κ2) is 7.00. The normalized spacial score (nSPS) is 10.6. The fraction of sp³-hybridized carbons (Fsp3) is 0.118. The van der Waals surface area contributed by atoms with Crippen molar-refractivity contribution in [2.24, 2.45) is 0 Å². The number of halogens is 1. The number of amides is 1. The lowest BCUT2D eigenvalue weighted by Gasteiger charge is -2.11. The van der Waals surface area contributed by atoms with Gasteiger partial charge >= 0.3 is 0 Å². The zero-order valence-corrected chi connectivity index (χ0v) is 15.0. The van der Waals surface area contributed by atoms with Crippen LogP contribution in [0.4, 0.5) is 5.69 Å². The molecule has 0 spiro atoms. The molecular weight excluding hydrogens is 421 g/mol. The van der Waals surface area contributed by atoms with Crippen molar-refractivity contribution in [3.63, 3.8) is 0 Å². The second-order valence-corrected chi connectivity index (χ2v) is 6.33. The van der Waals surface area contributed by atoms with Crippen molar-refractivity contribution >= 4 is 45.1 Å². The predicted molar refractivity (Wildman–Crippen MR) is 100 cm³/mol. The molecule has 3 rings (SSSR count). The third-order valence-electron chi connectivity index (χ3n) is 3.48. The van der Waals surface area contributed by atoms with E-state index >= 15 is 0 Å². The third kappa shape index (κ3) is 3.40. The Hall–Kier alpha value is -2.42. The number of carbonyl (C=O) groups excluding carboxylic acids is 1. The van der Waals surface area contributed by atoms with Gasteiger partial charge in [-0.05, 0) is 52.9 Å². The van der Waals surface area contributed by atoms with E-state index in [9.17, 15) is 9.59 Å². The Balaban J connectivity index is 1.85. The average molecular weight is 435 g/mol. The Morgan fingerprint density at radius 1 is 1.29 bits per heavy atom. The fourth-order valence-electron chi connectivity index (χ4n) is 2.34. The van der Waals surface area contributed by atoms with Crippen molar-refractivity contribution in [1.29, 1.82) is 0 Å². The largest absolute Gasteiger partial charge is 0.495 e. The number of anilines is 1. The standard InChI is InChI=1S/C17H14IN3O3/c1-24-15-5-3-2-4-14(15)20-16(22)9-21-10-19-13-7-6-11(18)8-12(13)17(21)23/h2-8,10H,9H2,1H3,(H,20,22). The van der Waals surface area contributed by atoms with Gasteiger partial charge in [0.05, 0.1) is 30.0 Å². The molecule has 1 heterocycles. The number of nitrogens with one attached hydrogen (secondary N) is 1. The van der Waals surface area contributed by atoms with Crippen LogP contribution in [0.3, 0.4) is 0 Å². The minimum absolute atomic E-state index is 0.120. The summed E-state index contributed by atoms with van der Waals surface area (Å²) in [5, 5.41) is 3.24. The molecule has 1 aromatic heterocycles. The van der Waals surface area contributed by atoms with E-state index in [1.165, 1.54) is 18.0 Å². The van der Waals surface area contributed by atoms with Gasteiger partial charge in [-0.25, -0.2) is 4.98 Å². The number of carbonyl (C=O) groups is 1. The summed E-state index contributed by atoms with van der Waals surface area (Å²) in [6, 6.07) is 12.5. The van der Waals surface area contributed by atoms with Gasteiger partial charge in [-0.15, -0.1) is 0 Å². The number of rotatable bonds is 4. The molecule has 0 radical (unpaired) electrons. The minimum atomic E-state index is -0.326. The number of hydrogen-bond acceptors (Lipinski definition) is 4. The van der Waals surface area contributed by atoms with E-state index < -0.39 is 0 Å². The highest BCUT2D eigenvalue weighted by Crippen LogP contribution is 2.22. The summed E-state index contributed by atoms with van der Waals surface area (Å²) in [6.45, 7) is -0.120. The van der Waals surface area contributed by atoms with E-state index in [4.69, 9.17) is 4.74 Å². The van der Waals surface area contributed by atoms with Crippen molar-refractivity contribution in [2.45, 2.75) is 6.54 Å². The summed E-state index contributed by atoms with van der Waals surface area (Å²) in [5.41, 5.74) is 0.928. The van der Waals surface area contributed by atoms with Gasteiger partial charge in [0.2, 0.25) is 5.91 Å². The average Bonchev–Trinajstić information content (AvgIpc) is 2.58. The lowest BCUT2D eigenvalue weighted by Crippen LogP contribution is -2.28. The molecule has 0 aliphatic heterocycles. The number of para-hydroxylation sites is 2. The SMILES string of the molecule is COc1ccccc1NC(=O)Cn1cnc2ccc(I)cc2c1=O. The van der Waals surface area contributed by atoms with Gasteiger partial charge in [0, 0.05) is 3.57 Å². The molecule has 0 aliphatic carbocycles. The highest BCUT2D eigenvalue weighted by Gasteiger charge is 2.10. The molecule has 1 amide bonds. The molecule has 0 saturated heterocycles. The molecule has 0 saturated carbocycles. The lowest BCUT2D eigenvalue weighted by atomic mass is 10.2. The number of hydrogen-bond donors (Lipinski definition) is 1. The van der Waals surface area contributed by atoms with Crippen molar-refractivity contribution < 1.29 is 9.53 Å². The quantitative estimate of drug-likeness (QED) is 0.640. The first-order valence-electron chi connectivity index (χ1n) is 7.16.